The van der Waals surface area contributed by atoms with Gasteiger partial charge >= 0.3 is 0 Å². The number of nitrogens with zero attached hydrogens (tertiary/aromatic N) is 3. The Bertz CT molecular complexity index is 2960. The summed E-state index contributed by atoms with van der Waals surface area (Å²) in [7, 11) is 3.51. The molecule has 9 saturated carbocycles. The molecule has 4 bridgehead atoms. The molecular weight excluding hydrogens is 965 g/mol. The van der Waals surface area contributed by atoms with E-state index in [0.717, 1.165) is 86.7 Å². The summed E-state index contributed by atoms with van der Waals surface area (Å²) in [5.41, 5.74) is 11.4. The van der Waals surface area contributed by atoms with Crippen LogP contribution < -0.4 is 19.7 Å². The fraction of sp³-hybridized carbons (Fsp3) is 0.523. The molecule has 2 heterocycles. The number of methoxy groups -OCH3 is 2. The van der Waals surface area contributed by atoms with Gasteiger partial charge in [0.1, 0.15) is 11.5 Å². The fourth-order valence-electron chi connectivity index (χ4n) is 14.3. The number of ether oxygens (including phenoxy) is 2. The van der Waals surface area contributed by atoms with Gasteiger partial charge in [-0.05, 0) is 234 Å². The molecule has 394 valence electrons. The van der Waals surface area contributed by atoms with Gasteiger partial charge in [-0.25, -0.2) is 9.97 Å². The topological polar surface area (TPSA) is 96.8 Å². The van der Waals surface area contributed by atoms with E-state index in [4.69, 9.17) is 14.5 Å². The van der Waals surface area contributed by atoms with E-state index < -0.39 is 0 Å². The summed E-state index contributed by atoms with van der Waals surface area (Å²) in [5, 5.41) is 16.5. The van der Waals surface area contributed by atoms with Gasteiger partial charge < -0.3 is 24.8 Å². The van der Waals surface area contributed by atoms with Crippen LogP contribution in [-0.4, -0.2) is 54.4 Å². The molecule has 0 spiro atoms. The zero-order valence-electron chi connectivity index (χ0n) is 44.9. The summed E-state index contributed by atoms with van der Waals surface area (Å²) in [4.78, 5) is 28.3. The maximum absolute atomic E-state index is 14.3. The Kier molecular flexibility index (Phi) is 14.0. The highest BCUT2D eigenvalue weighted by molar-refractivity contribution is 7.15. The molecule has 9 fully saturated rings. The second-order valence-corrected chi connectivity index (χ2v) is 26.6. The van der Waals surface area contributed by atoms with Gasteiger partial charge in [-0.1, -0.05) is 48.5 Å². The second kappa shape index (κ2) is 20.7. The molecule has 0 atom stereocenters. The third kappa shape index (κ3) is 10.5. The number of rotatable bonds is 15. The average Bonchev–Trinajstić information content (AvgIpc) is 4.41. The van der Waals surface area contributed by atoms with E-state index in [0.29, 0.717) is 16.7 Å². The number of amides is 1. The Hall–Kier alpha value is -5.03. The number of aromatic nitrogens is 2. The maximum Gasteiger partial charge on any atom is 0.230 e. The highest BCUT2D eigenvalue weighted by Gasteiger charge is 2.51. The standard InChI is InChI=1S/C36H44N2O3S.C29H34N2OS/c1-24-20-28(10-13-31(24)41-2)36-17-14-35(15-18-36,16-19-36)23-38(34(40)26-8-11-30(39)12-9-26)29-5-3-4-27(21-29)32-22-37-33(42-32)25-6-7-25;1-20-16-23(8-9-25(20)32-2)29-13-10-28(11-14-29,12-15-29)19-31-24-5-3-4-22(17-24)26-18-30-27(33-26)21-6-7-21/h3-5,10,13,20-22,25-26,30,39H,6-9,11-12,14-19,23H2,1-2H3;3-5,8-9,16-18,21,31H,6-7,10-15,19H2,1-2H3. The van der Waals surface area contributed by atoms with Gasteiger partial charge in [0.25, 0.3) is 0 Å². The van der Waals surface area contributed by atoms with Crippen LogP contribution in [0.4, 0.5) is 11.4 Å². The van der Waals surface area contributed by atoms with Gasteiger partial charge in [-0.15, -0.1) is 22.7 Å². The van der Waals surface area contributed by atoms with Crippen LogP contribution in [0.25, 0.3) is 20.9 Å². The third-order valence-electron chi connectivity index (χ3n) is 19.8. The number of aliphatic hydroxyl groups is 1. The summed E-state index contributed by atoms with van der Waals surface area (Å²) >= 11 is 3.69. The van der Waals surface area contributed by atoms with Crippen molar-refractivity contribution >= 4 is 40.0 Å². The Morgan fingerprint density at radius 1 is 0.613 bits per heavy atom. The van der Waals surface area contributed by atoms with Gasteiger partial charge in [0, 0.05) is 54.6 Å². The number of benzene rings is 4. The van der Waals surface area contributed by atoms with E-state index in [-0.39, 0.29) is 28.8 Å². The van der Waals surface area contributed by atoms with Crippen LogP contribution in [0, 0.1) is 30.6 Å². The fourth-order valence-corrected chi connectivity index (χ4v) is 16.4. The molecule has 1 amide bonds. The third-order valence-corrected chi connectivity index (χ3v) is 22.2. The quantitative estimate of drug-likeness (QED) is 0.106. The van der Waals surface area contributed by atoms with Crippen molar-refractivity contribution in [3.05, 3.63) is 130 Å². The number of nitrogens with one attached hydrogen (secondary N) is 1. The molecular formula is C65H78N4O4S2. The van der Waals surface area contributed by atoms with E-state index in [1.807, 2.05) is 28.9 Å². The molecule has 9 aliphatic carbocycles. The molecule has 2 aromatic heterocycles. The monoisotopic (exact) mass is 1040 g/mol. The first-order valence-electron chi connectivity index (χ1n) is 28.6. The molecule has 9 aliphatic rings. The normalized spacial score (nSPS) is 27.8. The Balaban J connectivity index is 0.000000156. The number of aryl methyl sites for hydroxylation is 2. The smallest absolute Gasteiger partial charge is 0.230 e. The zero-order valence-corrected chi connectivity index (χ0v) is 46.6. The first-order chi connectivity index (χ1) is 36.4. The van der Waals surface area contributed by atoms with Crippen LogP contribution in [0.5, 0.6) is 11.5 Å². The summed E-state index contributed by atoms with van der Waals surface area (Å²) in [6.07, 6.45) is 26.9. The minimum Gasteiger partial charge on any atom is -0.496 e. The molecule has 6 aromatic rings. The molecule has 4 aromatic carbocycles. The van der Waals surface area contributed by atoms with Crippen LogP contribution in [0.1, 0.15) is 173 Å². The van der Waals surface area contributed by atoms with Crippen LogP contribution in [0.2, 0.25) is 0 Å². The molecule has 8 nitrogen and oxygen atoms in total. The SMILES string of the molecule is COc1ccc(C23CCC(CN(C(=O)C4CCC(O)CC4)c4cccc(-c5cnc(C6CC6)s5)c4)(CC2)CC3)cc1C.COc1ccc(C23CCC(CNc4cccc(-c5cnc(C6CC6)s5)c4)(CC2)CC3)cc1C. The Labute approximate surface area is 454 Å². The van der Waals surface area contributed by atoms with Gasteiger partial charge in [0.15, 0.2) is 0 Å². The summed E-state index contributed by atoms with van der Waals surface area (Å²) in [6.45, 7) is 6.20. The molecule has 0 unspecified atom stereocenters. The summed E-state index contributed by atoms with van der Waals surface area (Å²) in [5.74, 6) is 3.60. The number of fused-ring (bicyclic) bond motifs is 6. The number of hydrogen-bond acceptors (Lipinski definition) is 9. The van der Waals surface area contributed by atoms with Gasteiger partial charge in [0.05, 0.1) is 40.1 Å². The van der Waals surface area contributed by atoms with Gasteiger partial charge in [0.2, 0.25) is 5.91 Å². The number of anilines is 2. The molecule has 10 heteroatoms. The predicted octanol–water partition coefficient (Wildman–Crippen LogP) is 15.9. The lowest BCUT2D eigenvalue weighted by Crippen LogP contribution is -2.51. The van der Waals surface area contributed by atoms with E-state index in [1.54, 1.807) is 14.2 Å². The number of carbonyl (C=O) groups excluding carboxylic acids is 1. The average molecular weight is 1040 g/mol. The summed E-state index contributed by atoms with van der Waals surface area (Å²) in [6, 6.07) is 31.2. The molecule has 0 radical (unpaired) electrons. The Morgan fingerprint density at radius 2 is 1.11 bits per heavy atom. The highest BCUT2D eigenvalue weighted by atomic mass is 32.1. The van der Waals surface area contributed by atoms with Crippen LogP contribution in [-0.2, 0) is 15.6 Å². The van der Waals surface area contributed by atoms with E-state index >= 15 is 0 Å². The van der Waals surface area contributed by atoms with Crippen molar-refractivity contribution in [2.24, 2.45) is 16.7 Å². The minimum atomic E-state index is -0.261. The number of aliphatic hydroxyl groups excluding tert-OH is 1. The van der Waals surface area contributed by atoms with Crippen molar-refractivity contribution in [2.75, 3.05) is 37.5 Å². The van der Waals surface area contributed by atoms with E-state index in [9.17, 15) is 9.90 Å². The first kappa shape index (κ1) is 50.8. The lowest BCUT2D eigenvalue weighted by atomic mass is 9.51. The number of hydrogen-bond donors (Lipinski definition) is 2. The molecule has 2 N–H and O–H groups in total. The van der Waals surface area contributed by atoms with E-state index in [2.05, 4.69) is 120 Å². The minimum absolute atomic E-state index is 0.00752. The largest absolute Gasteiger partial charge is 0.496 e. The number of thiazole rings is 2. The maximum atomic E-state index is 14.3. The van der Waals surface area contributed by atoms with Crippen LogP contribution in [0.15, 0.2) is 97.3 Å². The van der Waals surface area contributed by atoms with Crippen molar-refractivity contribution in [1.82, 2.24) is 9.97 Å². The van der Waals surface area contributed by atoms with Gasteiger partial charge in [-0.3, -0.25) is 4.79 Å². The van der Waals surface area contributed by atoms with Gasteiger partial charge in [-0.2, -0.15) is 0 Å². The molecule has 0 saturated heterocycles. The zero-order chi connectivity index (χ0) is 51.4. The van der Waals surface area contributed by atoms with Crippen molar-refractivity contribution in [3.8, 4) is 32.4 Å². The predicted molar refractivity (Wildman–Crippen MR) is 307 cm³/mol. The molecule has 15 rings (SSSR count). The van der Waals surface area contributed by atoms with E-state index in [1.165, 1.54) is 137 Å². The van der Waals surface area contributed by atoms with Crippen molar-refractivity contribution in [1.29, 1.82) is 0 Å². The van der Waals surface area contributed by atoms with Crippen LogP contribution in [0.3, 0.4) is 0 Å². The lowest BCUT2D eigenvalue weighted by Gasteiger charge is -2.55. The highest BCUT2D eigenvalue weighted by Crippen LogP contribution is 2.60. The lowest BCUT2D eigenvalue weighted by molar-refractivity contribution is -0.124. The van der Waals surface area contributed by atoms with Crippen LogP contribution >= 0.6 is 22.7 Å². The summed E-state index contributed by atoms with van der Waals surface area (Å²) < 4.78 is 11.0. The second-order valence-electron chi connectivity index (χ2n) is 24.5. The number of carbonyl (C=O) groups is 1. The molecule has 75 heavy (non-hydrogen) atoms. The van der Waals surface area contributed by atoms with Crippen molar-refractivity contribution in [2.45, 2.75) is 171 Å². The Morgan fingerprint density at radius 3 is 1.60 bits per heavy atom. The molecule has 0 aliphatic heterocycles. The van der Waals surface area contributed by atoms with Crippen molar-refractivity contribution < 1.29 is 19.4 Å². The first-order valence-corrected chi connectivity index (χ1v) is 30.2. The van der Waals surface area contributed by atoms with Crippen molar-refractivity contribution in [3.63, 3.8) is 0 Å².